The molecule has 0 unspecified atom stereocenters. The van der Waals surface area contributed by atoms with Crippen molar-refractivity contribution in [2.45, 2.75) is 27.2 Å². The third kappa shape index (κ3) is 19.1. The van der Waals surface area contributed by atoms with Crippen molar-refractivity contribution in [3.05, 3.63) is 12.2 Å². The summed E-state index contributed by atoms with van der Waals surface area (Å²) in [6.07, 6.45) is 3.31. The molecular formula is C11H19NO3. The Morgan fingerprint density at radius 2 is 1.47 bits per heavy atom. The van der Waals surface area contributed by atoms with Crippen molar-refractivity contribution >= 4 is 17.5 Å². The van der Waals surface area contributed by atoms with E-state index in [1.165, 1.54) is 31.7 Å². The largest absolute Gasteiger partial charge is 0.345 e. The van der Waals surface area contributed by atoms with E-state index in [4.69, 9.17) is 0 Å². The summed E-state index contributed by atoms with van der Waals surface area (Å²) in [5.41, 5.74) is 0. The van der Waals surface area contributed by atoms with Crippen LogP contribution in [-0.2, 0) is 14.4 Å². The predicted molar refractivity (Wildman–Crippen MR) is 59.5 cm³/mol. The number of hydrogen-bond donors (Lipinski definition) is 0. The van der Waals surface area contributed by atoms with E-state index in [0.29, 0.717) is 6.42 Å². The first kappa shape index (κ1) is 16.0. The molecule has 1 amide bonds. The fourth-order valence-corrected chi connectivity index (χ4v) is 0.475. The van der Waals surface area contributed by atoms with Gasteiger partial charge in [0.15, 0.2) is 0 Å². The van der Waals surface area contributed by atoms with Gasteiger partial charge in [0.25, 0.3) is 0 Å². The summed E-state index contributed by atoms with van der Waals surface area (Å²) in [7, 11) is 3.33. The van der Waals surface area contributed by atoms with Gasteiger partial charge in [-0.05, 0) is 26.8 Å². The number of hydrogen-bond acceptors (Lipinski definition) is 3. The van der Waals surface area contributed by atoms with Gasteiger partial charge in [0, 0.05) is 20.5 Å². The molecule has 0 N–H and O–H groups in total. The molecule has 4 heteroatoms. The normalized spacial score (nSPS) is 9.13. The average molecular weight is 213 g/mol. The topological polar surface area (TPSA) is 54.5 Å². The van der Waals surface area contributed by atoms with Crippen LogP contribution in [0.15, 0.2) is 12.2 Å². The number of likely N-dealkylation sites (N-methyl/N-ethyl adjacent to an activating group) is 1. The number of Topliss-reactive ketones (excluding diaryl/α,β-unsaturated/α-hetero) is 2. The zero-order valence-corrected chi connectivity index (χ0v) is 10.0. The van der Waals surface area contributed by atoms with Gasteiger partial charge in [0.2, 0.25) is 5.91 Å². The molecule has 15 heavy (non-hydrogen) atoms. The molecule has 0 heterocycles. The third-order valence-corrected chi connectivity index (χ3v) is 1.11. The lowest BCUT2D eigenvalue weighted by molar-refractivity contribution is -0.123. The number of rotatable bonds is 3. The van der Waals surface area contributed by atoms with E-state index < -0.39 is 0 Å². The van der Waals surface area contributed by atoms with E-state index in [2.05, 4.69) is 0 Å². The molecule has 0 rings (SSSR count). The minimum atomic E-state index is -0.0914. The van der Waals surface area contributed by atoms with Crippen molar-refractivity contribution in [2.24, 2.45) is 0 Å². The first-order valence-electron chi connectivity index (χ1n) is 4.61. The Morgan fingerprint density at radius 1 is 1.07 bits per heavy atom. The quantitative estimate of drug-likeness (QED) is 0.662. The van der Waals surface area contributed by atoms with Crippen molar-refractivity contribution in [1.29, 1.82) is 0 Å². The molecule has 86 valence electrons. The van der Waals surface area contributed by atoms with E-state index in [1.807, 2.05) is 0 Å². The number of ketones is 2. The highest BCUT2D eigenvalue weighted by atomic mass is 16.2. The van der Waals surface area contributed by atoms with Gasteiger partial charge in [-0.1, -0.05) is 6.08 Å². The van der Waals surface area contributed by atoms with Crippen LogP contribution in [0.5, 0.6) is 0 Å². The van der Waals surface area contributed by atoms with Crippen LogP contribution in [0.1, 0.15) is 27.2 Å². The van der Waals surface area contributed by atoms with E-state index in [9.17, 15) is 14.4 Å². The van der Waals surface area contributed by atoms with Crippen molar-refractivity contribution in [1.82, 2.24) is 4.90 Å². The summed E-state index contributed by atoms with van der Waals surface area (Å²) in [6.45, 7) is 4.55. The molecule has 0 aliphatic rings. The van der Waals surface area contributed by atoms with Crippen LogP contribution >= 0.6 is 0 Å². The van der Waals surface area contributed by atoms with Crippen LogP contribution in [0.3, 0.4) is 0 Å². The molecule has 0 aromatic rings. The van der Waals surface area contributed by atoms with E-state index in [0.717, 1.165) is 0 Å². The molecule has 0 saturated carbocycles. The SMILES string of the molecule is CC(=O)CC=CC(=O)N(C)C.CC(C)=O. The summed E-state index contributed by atoms with van der Waals surface area (Å²) >= 11 is 0. The lowest BCUT2D eigenvalue weighted by Crippen LogP contribution is -2.18. The Morgan fingerprint density at radius 3 is 1.73 bits per heavy atom. The molecule has 0 spiro atoms. The number of allylic oxidation sites excluding steroid dienone is 1. The Bertz CT molecular complexity index is 251. The van der Waals surface area contributed by atoms with Gasteiger partial charge >= 0.3 is 0 Å². The summed E-state index contributed by atoms with van der Waals surface area (Å²) in [6, 6.07) is 0. The first-order valence-corrected chi connectivity index (χ1v) is 4.61. The van der Waals surface area contributed by atoms with E-state index in [1.54, 1.807) is 20.2 Å². The fourth-order valence-electron chi connectivity index (χ4n) is 0.475. The van der Waals surface area contributed by atoms with E-state index >= 15 is 0 Å². The first-order chi connectivity index (χ1) is 6.77. The zero-order valence-electron chi connectivity index (χ0n) is 10.0. The van der Waals surface area contributed by atoms with Crippen LogP contribution in [0.25, 0.3) is 0 Å². The lowest BCUT2D eigenvalue weighted by Gasteiger charge is -2.04. The van der Waals surface area contributed by atoms with Gasteiger partial charge in [0.1, 0.15) is 11.6 Å². The Hall–Kier alpha value is -1.45. The highest BCUT2D eigenvalue weighted by Gasteiger charge is 1.95. The number of nitrogens with zero attached hydrogens (tertiary/aromatic N) is 1. The Labute approximate surface area is 90.9 Å². The fraction of sp³-hybridized carbons (Fsp3) is 0.545. The second kappa shape index (κ2) is 9.12. The standard InChI is InChI=1S/C8H13NO2.C3H6O/c1-7(10)5-4-6-8(11)9(2)3;1-3(2)4/h4,6H,5H2,1-3H3;1-2H3. The van der Waals surface area contributed by atoms with E-state index in [-0.39, 0.29) is 17.5 Å². The van der Waals surface area contributed by atoms with Gasteiger partial charge in [-0.2, -0.15) is 0 Å². The summed E-state index contributed by atoms with van der Waals surface area (Å²) in [5.74, 6) is 0.138. The molecule has 0 atom stereocenters. The molecule has 4 nitrogen and oxygen atoms in total. The molecule has 0 fully saturated rings. The molecular weight excluding hydrogens is 194 g/mol. The lowest BCUT2D eigenvalue weighted by atomic mass is 10.3. The summed E-state index contributed by atoms with van der Waals surface area (Å²) in [4.78, 5) is 32.2. The second-order valence-corrected chi connectivity index (χ2v) is 3.45. The average Bonchev–Trinajstić information content (AvgIpc) is 2.01. The monoisotopic (exact) mass is 213 g/mol. The van der Waals surface area contributed by atoms with Gasteiger partial charge in [-0.25, -0.2) is 0 Å². The van der Waals surface area contributed by atoms with Gasteiger partial charge in [-0.15, -0.1) is 0 Å². The third-order valence-electron chi connectivity index (χ3n) is 1.11. The maximum Gasteiger partial charge on any atom is 0.245 e. The van der Waals surface area contributed by atoms with Crippen LogP contribution in [0, 0.1) is 0 Å². The van der Waals surface area contributed by atoms with Gasteiger partial charge in [-0.3, -0.25) is 9.59 Å². The molecule has 0 radical (unpaired) electrons. The molecule has 0 bridgehead atoms. The molecule has 0 aromatic heterocycles. The van der Waals surface area contributed by atoms with Crippen LogP contribution in [0.2, 0.25) is 0 Å². The summed E-state index contributed by atoms with van der Waals surface area (Å²) in [5, 5.41) is 0. The predicted octanol–water partition coefficient (Wildman–Crippen LogP) is 1.21. The Kier molecular flexibility index (Phi) is 9.73. The van der Waals surface area contributed by atoms with Crippen molar-refractivity contribution in [3.63, 3.8) is 0 Å². The number of carbonyl (C=O) groups excluding carboxylic acids is 3. The van der Waals surface area contributed by atoms with Crippen LogP contribution in [0.4, 0.5) is 0 Å². The Balaban J connectivity index is 0. The highest BCUT2D eigenvalue weighted by Crippen LogP contribution is 1.87. The minimum Gasteiger partial charge on any atom is -0.345 e. The summed E-state index contributed by atoms with van der Waals surface area (Å²) < 4.78 is 0. The smallest absolute Gasteiger partial charge is 0.245 e. The molecule has 0 aliphatic heterocycles. The highest BCUT2D eigenvalue weighted by molar-refractivity contribution is 5.88. The van der Waals surface area contributed by atoms with Crippen molar-refractivity contribution < 1.29 is 14.4 Å². The maximum absolute atomic E-state index is 10.9. The van der Waals surface area contributed by atoms with Crippen LogP contribution < -0.4 is 0 Å². The minimum absolute atomic E-state index is 0.0628. The van der Waals surface area contributed by atoms with Crippen molar-refractivity contribution in [3.8, 4) is 0 Å². The molecule has 0 saturated heterocycles. The van der Waals surface area contributed by atoms with Gasteiger partial charge in [0.05, 0.1) is 0 Å². The zero-order chi connectivity index (χ0) is 12.4. The molecule has 0 aliphatic carbocycles. The maximum atomic E-state index is 10.9. The second-order valence-electron chi connectivity index (χ2n) is 3.45. The molecule has 0 aromatic carbocycles. The van der Waals surface area contributed by atoms with Crippen molar-refractivity contribution in [2.75, 3.05) is 14.1 Å². The number of amides is 1. The van der Waals surface area contributed by atoms with Gasteiger partial charge < -0.3 is 9.69 Å². The van der Waals surface area contributed by atoms with Crippen LogP contribution in [-0.4, -0.2) is 36.5 Å². The number of carbonyl (C=O) groups is 3.